The molecule has 2 aromatic rings. The van der Waals surface area contributed by atoms with Crippen molar-refractivity contribution in [2.24, 2.45) is 0 Å². The van der Waals surface area contributed by atoms with E-state index >= 15 is 0 Å². The summed E-state index contributed by atoms with van der Waals surface area (Å²) in [5.41, 5.74) is 3.56. The predicted octanol–water partition coefficient (Wildman–Crippen LogP) is 3.93. The number of carbonyl (C=O) groups excluding carboxylic acids is 1. The molecule has 2 aliphatic rings. The number of aryl methyl sites for hydroxylation is 1. The zero-order valence-corrected chi connectivity index (χ0v) is 16.7. The first kappa shape index (κ1) is 18.7. The molecule has 0 radical (unpaired) electrons. The van der Waals surface area contributed by atoms with E-state index in [0.29, 0.717) is 29.7 Å². The van der Waals surface area contributed by atoms with Gasteiger partial charge in [-0.1, -0.05) is 24.3 Å². The van der Waals surface area contributed by atoms with Crippen LogP contribution in [0.5, 0.6) is 17.2 Å². The Morgan fingerprint density at radius 1 is 1.00 bits per heavy atom. The summed E-state index contributed by atoms with van der Waals surface area (Å²) in [7, 11) is 4.77. The number of hydrogen-bond donors (Lipinski definition) is 0. The van der Waals surface area contributed by atoms with Gasteiger partial charge in [0, 0.05) is 6.04 Å². The van der Waals surface area contributed by atoms with Crippen molar-refractivity contribution >= 4 is 5.91 Å². The highest BCUT2D eigenvalue weighted by molar-refractivity contribution is 5.80. The van der Waals surface area contributed by atoms with E-state index in [9.17, 15) is 4.79 Å². The van der Waals surface area contributed by atoms with Gasteiger partial charge >= 0.3 is 0 Å². The van der Waals surface area contributed by atoms with Crippen molar-refractivity contribution in [1.82, 2.24) is 4.90 Å². The summed E-state index contributed by atoms with van der Waals surface area (Å²) < 4.78 is 16.3. The molecule has 0 N–H and O–H groups in total. The van der Waals surface area contributed by atoms with Gasteiger partial charge in [0.05, 0.1) is 33.8 Å². The molecule has 1 fully saturated rings. The topological polar surface area (TPSA) is 48.0 Å². The van der Waals surface area contributed by atoms with Crippen molar-refractivity contribution in [2.75, 3.05) is 21.3 Å². The number of benzene rings is 2. The summed E-state index contributed by atoms with van der Waals surface area (Å²) in [6, 6.07) is 12.8. The highest BCUT2D eigenvalue weighted by Crippen LogP contribution is 2.43. The number of nitrogens with zero attached hydrogens (tertiary/aromatic N) is 1. The average molecular weight is 381 g/mol. The molecule has 5 heteroatoms. The first-order chi connectivity index (χ1) is 13.7. The predicted molar refractivity (Wildman–Crippen MR) is 107 cm³/mol. The molecule has 0 heterocycles. The quantitative estimate of drug-likeness (QED) is 0.729. The fourth-order valence-electron chi connectivity index (χ4n) is 4.31. The summed E-state index contributed by atoms with van der Waals surface area (Å²) >= 11 is 0. The van der Waals surface area contributed by atoms with Gasteiger partial charge in [-0.25, -0.2) is 0 Å². The van der Waals surface area contributed by atoms with Crippen LogP contribution < -0.4 is 14.2 Å². The van der Waals surface area contributed by atoms with Gasteiger partial charge in [-0.3, -0.25) is 4.79 Å². The van der Waals surface area contributed by atoms with Gasteiger partial charge in [0.25, 0.3) is 0 Å². The van der Waals surface area contributed by atoms with E-state index < -0.39 is 0 Å². The molecule has 1 saturated carbocycles. The largest absolute Gasteiger partial charge is 0.493 e. The number of hydrogen-bond acceptors (Lipinski definition) is 4. The highest BCUT2D eigenvalue weighted by Gasteiger charge is 2.40. The minimum Gasteiger partial charge on any atom is -0.493 e. The third kappa shape index (κ3) is 3.41. The van der Waals surface area contributed by atoms with Crippen LogP contribution in [0.15, 0.2) is 36.4 Å². The molecule has 5 nitrogen and oxygen atoms in total. The van der Waals surface area contributed by atoms with Crippen molar-refractivity contribution in [2.45, 2.75) is 44.2 Å². The maximum Gasteiger partial charge on any atom is 0.227 e. The van der Waals surface area contributed by atoms with E-state index in [1.807, 2.05) is 12.1 Å². The van der Waals surface area contributed by atoms with Crippen LogP contribution in [0.3, 0.4) is 0 Å². The van der Waals surface area contributed by atoms with Crippen molar-refractivity contribution in [3.8, 4) is 17.2 Å². The third-order valence-corrected chi connectivity index (χ3v) is 5.75. The SMILES string of the molecule is COc1cc(CC(=O)N(C2CC2)C2CCc3ccccc32)cc(OC)c1OC. The molecule has 28 heavy (non-hydrogen) atoms. The lowest BCUT2D eigenvalue weighted by atomic mass is 10.0. The molecule has 1 atom stereocenters. The van der Waals surface area contributed by atoms with E-state index in [-0.39, 0.29) is 11.9 Å². The van der Waals surface area contributed by atoms with Crippen molar-refractivity contribution in [1.29, 1.82) is 0 Å². The lowest BCUT2D eigenvalue weighted by molar-refractivity contribution is -0.133. The molecular formula is C23H27NO4. The normalized spacial score (nSPS) is 17.8. The van der Waals surface area contributed by atoms with Crippen molar-refractivity contribution < 1.29 is 19.0 Å². The molecule has 0 aliphatic heterocycles. The van der Waals surface area contributed by atoms with Gasteiger partial charge in [0.15, 0.2) is 11.5 Å². The minimum absolute atomic E-state index is 0.165. The van der Waals surface area contributed by atoms with Crippen LogP contribution in [-0.4, -0.2) is 38.2 Å². The Balaban J connectivity index is 1.60. The molecule has 0 bridgehead atoms. The van der Waals surface area contributed by atoms with E-state index in [0.717, 1.165) is 31.2 Å². The van der Waals surface area contributed by atoms with Gasteiger partial charge in [0.1, 0.15) is 0 Å². The summed E-state index contributed by atoms with van der Waals surface area (Å²) in [5, 5.41) is 0. The molecule has 4 rings (SSSR count). The Kier molecular flexibility index (Phi) is 5.16. The first-order valence-electron chi connectivity index (χ1n) is 9.84. The van der Waals surface area contributed by atoms with Crippen LogP contribution in [0.4, 0.5) is 0 Å². The maximum absolute atomic E-state index is 13.4. The number of methoxy groups -OCH3 is 3. The molecule has 0 aromatic heterocycles. The van der Waals surface area contributed by atoms with Crippen LogP contribution in [0.1, 0.15) is 42.0 Å². The number of amides is 1. The van der Waals surface area contributed by atoms with Crippen LogP contribution >= 0.6 is 0 Å². The zero-order chi connectivity index (χ0) is 19.7. The summed E-state index contributed by atoms with van der Waals surface area (Å²) in [5.74, 6) is 1.87. The number of carbonyl (C=O) groups is 1. The molecule has 0 spiro atoms. The van der Waals surface area contributed by atoms with Crippen molar-refractivity contribution in [3.63, 3.8) is 0 Å². The third-order valence-electron chi connectivity index (χ3n) is 5.75. The second-order valence-electron chi connectivity index (χ2n) is 7.50. The van der Waals surface area contributed by atoms with Gasteiger partial charge in [-0.2, -0.15) is 0 Å². The van der Waals surface area contributed by atoms with E-state index in [1.165, 1.54) is 11.1 Å². The molecule has 2 aromatic carbocycles. The second-order valence-corrected chi connectivity index (χ2v) is 7.50. The Morgan fingerprint density at radius 2 is 1.68 bits per heavy atom. The second kappa shape index (κ2) is 7.74. The Morgan fingerprint density at radius 3 is 2.29 bits per heavy atom. The van der Waals surface area contributed by atoms with E-state index in [4.69, 9.17) is 14.2 Å². The van der Waals surface area contributed by atoms with Crippen LogP contribution in [0, 0.1) is 0 Å². The molecule has 1 unspecified atom stereocenters. The van der Waals surface area contributed by atoms with Crippen LogP contribution in [-0.2, 0) is 17.6 Å². The number of ether oxygens (including phenoxy) is 3. The molecule has 1 amide bonds. The molecule has 0 saturated heterocycles. The Hall–Kier alpha value is -2.69. The van der Waals surface area contributed by atoms with Crippen molar-refractivity contribution in [3.05, 3.63) is 53.1 Å². The summed E-state index contributed by atoms with van der Waals surface area (Å²) in [6.45, 7) is 0. The lowest BCUT2D eigenvalue weighted by Gasteiger charge is -2.30. The molecular weight excluding hydrogens is 354 g/mol. The van der Waals surface area contributed by atoms with Crippen LogP contribution in [0.2, 0.25) is 0 Å². The molecule has 148 valence electrons. The lowest BCUT2D eigenvalue weighted by Crippen LogP contribution is -2.37. The van der Waals surface area contributed by atoms with Gasteiger partial charge in [-0.05, 0) is 54.5 Å². The highest BCUT2D eigenvalue weighted by atomic mass is 16.5. The Labute approximate surface area is 166 Å². The fourth-order valence-corrected chi connectivity index (χ4v) is 4.31. The Bertz CT molecular complexity index is 850. The monoisotopic (exact) mass is 381 g/mol. The zero-order valence-electron chi connectivity index (χ0n) is 16.7. The molecule has 2 aliphatic carbocycles. The minimum atomic E-state index is 0.165. The summed E-state index contributed by atoms with van der Waals surface area (Å²) in [6.07, 6.45) is 4.57. The van der Waals surface area contributed by atoms with Gasteiger partial charge in [-0.15, -0.1) is 0 Å². The van der Waals surface area contributed by atoms with E-state index in [2.05, 4.69) is 29.2 Å². The number of fused-ring (bicyclic) bond motifs is 1. The standard InChI is InChI=1S/C23H27NO4/c1-26-20-12-15(13-21(27-2)23(20)28-3)14-22(25)24(17-9-10-17)19-11-8-16-6-4-5-7-18(16)19/h4-7,12-13,17,19H,8-11,14H2,1-3H3. The van der Waals surface area contributed by atoms with Crippen LogP contribution in [0.25, 0.3) is 0 Å². The van der Waals surface area contributed by atoms with E-state index in [1.54, 1.807) is 21.3 Å². The summed E-state index contributed by atoms with van der Waals surface area (Å²) in [4.78, 5) is 15.5. The van der Waals surface area contributed by atoms with Gasteiger partial charge < -0.3 is 19.1 Å². The first-order valence-corrected chi connectivity index (χ1v) is 9.84. The number of rotatable bonds is 7. The fraction of sp³-hybridized carbons (Fsp3) is 0.435. The average Bonchev–Trinajstić information content (AvgIpc) is 3.46. The van der Waals surface area contributed by atoms with Gasteiger partial charge in [0.2, 0.25) is 11.7 Å². The smallest absolute Gasteiger partial charge is 0.227 e. The maximum atomic E-state index is 13.4.